The molecule has 2 nitrogen and oxygen atoms in total. The van der Waals surface area contributed by atoms with Crippen LogP contribution >= 0.6 is 0 Å². The number of benzene rings is 1. The Hall–Kier alpha value is -1.22. The van der Waals surface area contributed by atoms with Crippen molar-refractivity contribution in [2.45, 2.75) is 38.6 Å². The summed E-state index contributed by atoms with van der Waals surface area (Å²) in [6, 6.07) is 4.83. The van der Waals surface area contributed by atoms with Crippen molar-refractivity contribution in [3.05, 3.63) is 35.1 Å². The number of carbonyl (C=O) groups excluding carboxylic acids is 1. The number of hydrogen-bond acceptors (Lipinski definition) is 2. The van der Waals surface area contributed by atoms with Gasteiger partial charge in [-0.05, 0) is 37.8 Å². The van der Waals surface area contributed by atoms with Crippen molar-refractivity contribution in [1.82, 2.24) is 0 Å². The van der Waals surface area contributed by atoms with Crippen LogP contribution in [-0.4, -0.2) is 11.8 Å². The zero-order chi connectivity index (χ0) is 12.4. The van der Waals surface area contributed by atoms with E-state index in [2.05, 4.69) is 0 Å². The molecule has 1 saturated carbocycles. The summed E-state index contributed by atoms with van der Waals surface area (Å²) in [6.45, 7) is 1.69. The Morgan fingerprint density at radius 2 is 2.18 bits per heavy atom. The number of carbonyl (C=O) groups is 1. The van der Waals surface area contributed by atoms with Gasteiger partial charge in [0, 0.05) is 17.5 Å². The van der Waals surface area contributed by atoms with Crippen molar-refractivity contribution in [1.29, 1.82) is 0 Å². The van der Waals surface area contributed by atoms with Crippen molar-refractivity contribution in [2.75, 3.05) is 0 Å². The molecule has 0 bridgehead atoms. The van der Waals surface area contributed by atoms with Gasteiger partial charge in [0.05, 0.1) is 0 Å². The van der Waals surface area contributed by atoms with Gasteiger partial charge in [-0.1, -0.05) is 18.6 Å². The maximum atomic E-state index is 13.4. The minimum absolute atomic E-state index is 0.0270. The molecule has 0 saturated heterocycles. The lowest BCUT2D eigenvalue weighted by Gasteiger charge is -2.25. The molecule has 92 valence electrons. The van der Waals surface area contributed by atoms with Crippen molar-refractivity contribution in [3.63, 3.8) is 0 Å². The molecule has 0 aliphatic heterocycles. The highest BCUT2D eigenvalue weighted by atomic mass is 19.1. The summed E-state index contributed by atoms with van der Waals surface area (Å²) in [5.74, 6) is -0.295. The number of halogens is 1. The van der Waals surface area contributed by atoms with Crippen LogP contribution in [0.5, 0.6) is 0 Å². The second-order valence-electron chi connectivity index (χ2n) is 4.95. The molecular weight excluding hydrogens is 217 g/mol. The fraction of sp³-hybridized carbons (Fsp3) is 0.500. The highest BCUT2D eigenvalue weighted by Crippen LogP contribution is 2.26. The first-order valence-corrected chi connectivity index (χ1v) is 6.14. The number of Topliss-reactive ketones (excluding diaryl/α,β-unsaturated/α-hetero) is 1. The largest absolute Gasteiger partial charge is 0.328 e. The third-order valence-electron chi connectivity index (χ3n) is 3.54. The van der Waals surface area contributed by atoms with Crippen LogP contribution in [0.1, 0.15) is 41.6 Å². The molecule has 0 aromatic heterocycles. The molecule has 2 N–H and O–H groups in total. The zero-order valence-corrected chi connectivity index (χ0v) is 10.1. The van der Waals surface area contributed by atoms with E-state index in [4.69, 9.17) is 5.73 Å². The predicted molar refractivity (Wildman–Crippen MR) is 65.4 cm³/mol. The standard InChI is InChI=1S/C14H18FNO/c1-9-5-6-11(8-13(9)15)14(17)10-3-2-4-12(16)7-10/h5-6,8,10,12H,2-4,7,16H2,1H3. The van der Waals surface area contributed by atoms with E-state index in [-0.39, 0.29) is 23.6 Å². The Kier molecular flexibility index (Phi) is 3.57. The molecule has 1 aromatic carbocycles. The summed E-state index contributed by atoms with van der Waals surface area (Å²) in [6.07, 6.45) is 3.59. The summed E-state index contributed by atoms with van der Waals surface area (Å²) in [5, 5.41) is 0. The normalized spacial score (nSPS) is 24.6. The van der Waals surface area contributed by atoms with Crippen LogP contribution < -0.4 is 5.73 Å². The van der Waals surface area contributed by atoms with Crippen LogP contribution in [0.15, 0.2) is 18.2 Å². The minimum Gasteiger partial charge on any atom is -0.328 e. The number of ketones is 1. The molecule has 1 aliphatic rings. The van der Waals surface area contributed by atoms with Gasteiger partial charge in [-0.25, -0.2) is 4.39 Å². The van der Waals surface area contributed by atoms with E-state index in [0.717, 1.165) is 25.7 Å². The second-order valence-corrected chi connectivity index (χ2v) is 4.95. The third kappa shape index (κ3) is 2.72. The monoisotopic (exact) mass is 235 g/mol. The Morgan fingerprint density at radius 3 is 2.82 bits per heavy atom. The van der Waals surface area contributed by atoms with E-state index in [1.807, 2.05) is 0 Å². The predicted octanol–water partition coefficient (Wildman–Crippen LogP) is 2.83. The number of hydrogen-bond donors (Lipinski definition) is 1. The van der Waals surface area contributed by atoms with Crippen LogP contribution in [0.25, 0.3) is 0 Å². The highest BCUT2D eigenvalue weighted by Gasteiger charge is 2.26. The molecule has 1 aromatic rings. The molecule has 1 fully saturated rings. The van der Waals surface area contributed by atoms with Crippen molar-refractivity contribution in [2.24, 2.45) is 11.7 Å². The summed E-state index contributed by atoms with van der Waals surface area (Å²) >= 11 is 0. The average molecular weight is 235 g/mol. The SMILES string of the molecule is Cc1ccc(C(=O)C2CCCC(N)C2)cc1F. The molecule has 2 atom stereocenters. The summed E-state index contributed by atoms with van der Waals surface area (Å²) in [4.78, 5) is 12.2. The molecule has 2 unspecified atom stereocenters. The Balaban J connectivity index is 2.15. The molecule has 1 aliphatic carbocycles. The van der Waals surface area contributed by atoms with Crippen molar-refractivity contribution in [3.8, 4) is 0 Å². The Bertz CT molecular complexity index is 430. The van der Waals surface area contributed by atoms with Gasteiger partial charge in [0.2, 0.25) is 0 Å². The van der Waals surface area contributed by atoms with Crippen LogP contribution in [0, 0.1) is 18.7 Å². The van der Waals surface area contributed by atoms with Crippen LogP contribution in [0.2, 0.25) is 0 Å². The first-order valence-electron chi connectivity index (χ1n) is 6.14. The number of aryl methyl sites for hydroxylation is 1. The van der Waals surface area contributed by atoms with Gasteiger partial charge in [0.25, 0.3) is 0 Å². The molecule has 2 rings (SSSR count). The van der Waals surface area contributed by atoms with Gasteiger partial charge < -0.3 is 5.73 Å². The number of rotatable bonds is 2. The summed E-state index contributed by atoms with van der Waals surface area (Å²) in [5.41, 5.74) is 6.92. The van der Waals surface area contributed by atoms with E-state index < -0.39 is 0 Å². The zero-order valence-electron chi connectivity index (χ0n) is 10.1. The van der Waals surface area contributed by atoms with E-state index in [1.165, 1.54) is 6.07 Å². The fourth-order valence-corrected chi connectivity index (χ4v) is 2.45. The first-order chi connectivity index (χ1) is 8.08. The maximum Gasteiger partial charge on any atom is 0.166 e. The van der Waals surface area contributed by atoms with Gasteiger partial charge in [-0.15, -0.1) is 0 Å². The molecule has 17 heavy (non-hydrogen) atoms. The molecule has 3 heteroatoms. The smallest absolute Gasteiger partial charge is 0.166 e. The van der Waals surface area contributed by atoms with Gasteiger partial charge in [-0.2, -0.15) is 0 Å². The lowest BCUT2D eigenvalue weighted by molar-refractivity contribution is 0.0881. The van der Waals surface area contributed by atoms with E-state index in [0.29, 0.717) is 11.1 Å². The van der Waals surface area contributed by atoms with Gasteiger partial charge >= 0.3 is 0 Å². The summed E-state index contributed by atoms with van der Waals surface area (Å²) in [7, 11) is 0. The molecule has 0 radical (unpaired) electrons. The lowest BCUT2D eigenvalue weighted by Crippen LogP contribution is -2.31. The maximum absolute atomic E-state index is 13.4. The fourth-order valence-electron chi connectivity index (χ4n) is 2.45. The Morgan fingerprint density at radius 1 is 1.41 bits per heavy atom. The average Bonchev–Trinajstić information content (AvgIpc) is 2.32. The number of nitrogens with two attached hydrogens (primary N) is 1. The van der Waals surface area contributed by atoms with Gasteiger partial charge in [0.1, 0.15) is 5.82 Å². The third-order valence-corrected chi connectivity index (χ3v) is 3.54. The Labute approximate surface area is 101 Å². The minimum atomic E-state index is -0.309. The lowest BCUT2D eigenvalue weighted by atomic mass is 9.81. The van der Waals surface area contributed by atoms with Gasteiger partial charge in [0.15, 0.2) is 5.78 Å². The van der Waals surface area contributed by atoms with Gasteiger partial charge in [-0.3, -0.25) is 4.79 Å². The van der Waals surface area contributed by atoms with E-state index in [9.17, 15) is 9.18 Å². The first kappa shape index (κ1) is 12.2. The molecule has 0 heterocycles. The molecule has 0 amide bonds. The van der Waals surface area contributed by atoms with Crippen LogP contribution in [0.4, 0.5) is 4.39 Å². The molecule has 0 spiro atoms. The second kappa shape index (κ2) is 4.96. The van der Waals surface area contributed by atoms with E-state index in [1.54, 1.807) is 19.1 Å². The quantitative estimate of drug-likeness (QED) is 0.801. The topological polar surface area (TPSA) is 43.1 Å². The molecular formula is C14H18FNO. The highest BCUT2D eigenvalue weighted by molar-refractivity contribution is 5.98. The van der Waals surface area contributed by atoms with E-state index >= 15 is 0 Å². The van der Waals surface area contributed by atoms with Crippen LogP contribution in [0.3, 0.4) is 0 Å². The summed E-state index contributed by atoms with van der Waals surface area (Å²) < 4.78 is 13.4. The van der Waals surface area contributed by atoms with Crippen molar-refractivity contribution < 1.29 is 9.18 Å². The van der Waals surface area contributed by atoms with Crippen LogP contribution in [-0.2, 0) is 0 Å². The van der Waals surface area contributed by atoms with Crippen molar-refractivity contribution >= 4 is 5.78 Å².